The smallest absolute Gasteiger partial charge is 0.333 e. The van der Waals surface area contributed by atoms with Gasteiger partial charge in [0, 0.05) is 21.7 Å². The highest BCUT2D eigenvalue weighted by Crippen LogP contribution is 2.26. The third kappa shape index (κ3) is 24.0. The van der Waals surface area contributed by atoms with Crippen LogP contribution in [0.25, 0.3) is 0 Å². The fourth-order valence-electron chi connectivity index (χ4n) is 2.31. The minimum atomic E-state index is -1.67. The number of carbonyl (C=O) groups is 1. The predicted octanol–water partition coefficient (Wildman–Crippen LogP) is 7.22. The summed E-state index contributed by atoms with van der Waals surface area (Å²) in [6.45, 7) is 31.6. The van der Waals surface area contributed by atoms with Crippen LogP contribution in [-0.4, -0.2) is 45.4 Å². The predicted molar refractivity (Wildman–Crippen MR) is 133 cm³/mol. The standard InChI is InChI=1S/C16H36O3Si3.C4H12Si/c1-15(2)16(17)18-11-10-12-21(6,7)19-22(8,9)14-13-20(3,4)5;1-5(2,3)4/h1,10-14H2,2-9H3;1-4H3. The molecule has 0 aromatic carbocycles. The van der Waals surface area contributed by atoms with Gasteiger partial charge in [-0.05, 0) is 51.6 Å². The van der Waals surface area contributed by atoms with Gasteiger partial charge in [-0.15, -0.1) is 0 Å². The molecule has 3 nitrogen and oxygen atoms in total. The normalized spacial score (nSPS) is 12.9. The van der Waals surface area contributed by atoms with Crippen LogP contribution in [0.2, 0.25) is 90.1 Å². The first-order valence-electron chi connectivity index (χ1n) is 10.3. The average molecular weight is 449 g/mol. The lowest BCUT2D eigenvalue weighted by atomic mass is 10.4. The first-order chi connectivity index (χ1) is 11.7. The first-order valence-corrected chi connectivity index (χ1v) is 24.2. The summed E-state index contributed by atoms with van der Waals surface area (Å²) in [7, 11) is -4.85. The Labute approximate surface area is 174 Å². The van der Waals surface area contributed by atoms with Crippen molar-refractivity contribution in [3.8, 4) is 0 Å². The van der Waals surface area contributed by atoms with Crippen LogP contribution in [0.1, 0.15) is 13.3 Å². The van der Waals surface area contributed by atoms with E-state index in [4.69, 9.17) is 8.85 Å². The van der Waals surface area contributed by atoms with Crippen molar-refractivity contribution in [2.45, 2.75) is 103 Å². The van der Waals surface area contributed by atoms with Crippen molar-refractivity contribution >= 4 is 38.8 Å². The summed E-state index contributed by atoms with van der Waals surface area (Å²) < 4.78 is 11.8. The molecule has 0 unspecified atom stereocenters. The molecule has 0 amide bonds. The van der Waals surface area contributed by atoms with Crippen LogP contribution in [0, 0.1) is 0 Å². The van der Waals surface area contributed by atoms with Gasteiger partial charge >= 0.3 is 5.97 Å². The maximum absolute atomic E-state index is 11.3. The molecule has 162 valence electrons. The van der Waals surface area contributed by atoms with E-state index in [9.17, 15) is 4.79 Å². The number of hydrogen-bond acceptors (Lipinski definition) is 3. The van der Waals surface area contributed by atoms with Crippen molar-refractivity contribution in [2.75, 3.05) is 6.61 Å². The lowest BCUT2D eigenvalue weighted by molar-refractivity contribution is -0.138. The Balaban J connectivity index is 0. The highest BCUT2D eigenvalue weighted by atomic mass is 28.4. The second-order valence-corrected chi connectivity index (χ2v) is 32.2. The number of esters is 1. The van der Waals surface area contributed by atoms with Gasteiger partial charge in [0.15, 0.2) is 16.6 Å². The zero-order valence-corrected chi connectivity index (χ0v) is 24.5. The minimum absolute atomic E-state index is 0.287. The van der Waals surface area contributed by atoms with E-state index in [0.29, 0.717) is 12.2 Å². The van der Waals surface area contributed by atoms with E-state index in [1.807, 2.05) is 0 Å². The molecule has 27 heavy (non-hydrogen) atoms. The second-order valence-electron chi connectivity index (χ2n) is 11.7. The summed E-state index contributed by atoms with van der Waals surface area (Å²) in [5.74, 6) is -0.287. The zero-order chi connectivity index (χ0) is 22.1. The van der Waals surface area contributed by atoms with Gasteiger partial charge < -0.3 is 8.85 Å². The van der Waals surface area contributed by atoms with E-state index in [1.165, 1.54) is 12.1 Å². The first kappa shape index (κ1) is 29.2. The Kier molecular flexibility index (Phi) is 12.9. The molecular weight excluding hydrogens is 401 g/mol. The minimum Gasteiger partial charge on any atom is -0.462 e. The maximum Gasteiger partial charge on any atom is 0.333 e. The van der Waals surface area contributed by atoms with Crippen LogP contribution < -0.4 is 0 Å². The number of ether oxygens (including phenoxy) is 1. The SMILES string of the molecule is C=C(C)C(=O)OCCC[Si](C)(C)O[Si](C)(C)CC[Si](C)(C)C.C[Si](C)(C)C. The van der Waals surface area contributed by atoms with Crippen molar-refractivity contribution < 1.29 is 13.6 Å². The zero-order valence-electron chi connectivity index (χ0n) is 20.5. The molecule has 0 aromatic heterocycles. The number of rotatable bonds is 10. The fraction of sp³-hybridized carbons (Fsp3) is 0.850. The highest BCUT2D eigenvalue weighted by molar-refractivity contribution is 6.86. The second kappa shape index (κ2) is 11.9. The fourth-order valence-corrected chi connectivity index (χ4v) is 15.5. The van der Waals surface area contributed by atoms with Crippen molar-refractivity contribution in [2.24, 2.45) is 0 Å². The van der Waals surface area contributed by atoms with E-state index < -0.39 is 32.8 Å². The monoisotopic (exact) mass is 448 g/mol. The molecule has 0 spiro atoms. The van der Waals surface area contributed by atoms with Gasteiger partial charge in [0.1, 0.15) is 0 Å². The van der Waals surface area contributed by atoms with Crippen LogP contribution in [0.3, 0.4) is 0 Å². The molecule has 0 aliphatic carbocycles. The molecule has 0 aliphatic rings. The summed E-state index contributed by atoms with van der Waals surface area (Å²) in [6.07, 6.45) is 0.886. The van der Waals surface area contributed by atoms with Crippen LogP contribution in [0.4, 0.5) is 0 Å². The average Bonchev–Trinajstić information content (AvgIpc) is 2.37. The molecule has 0 saturated heterocycles. The quantitative estimate of drug-likeness (QED) is 0.153. The molecule has 0 fully saturated rings. The van der Waals surface area contributed by atoms with E-state index >= 15 is 0 Å². The van der Waals surface area contributed by atoms with E-state index in [-0.39, 0.29) is 5.97 Å². The van der Waals surface area contributed by atoms with Crippen LogP contribution in [0.5, 0.6) is 0 Å². The van der Waals surface area contributed by atoms with Gasteiger partial charge in [0.25, 0.3) is 0 Å². The van der Waals surface area contributed by atoms with E-state index in [0.717, 1.165) is 12.5 Å². The van der Waals surface area contributed by atoms with Crippen molar-refractivity contribution in [1.29, 1.82) is 0 Å². The van der Waals surface area contributed by atoms with Crippen molar-refractivity contribution in [3.05, 3.63) is 12.2 Å². The highest BCUT2D eigenvalue weighted by Gasteiger charge is 2.33. The lowest BCUT2D eigenvalue weighted by Crippen LogP contribution is -2.45. The maximum atomic E-state index is 11.3. The van der Waals surface area contributed by atoms with Crippen molar-refractivity contribution in [1.82, 2.24) is 0 Å². The summed E-state index contributed by atoms with van der Waals surface area (Å²) in [6, 6.07) is 3.66. The number of hydrogen-bond donors (Lipinski definition) is 0. The summed E-state index contributed by atoms with van der Waals surface area (Å²) >= 11 is 0. The molecule has 0 aromatic rings. The Morgan fingerprint density at radius 1 is 0.778 bits per heavy atom. The van der Waals surface area contributed by atoms with Gasteiger partial charge in [0.2, 0.25) is 0 Å². The summed E-state index contributed by atoms with van der Waals surface area (Å²) in [5, 5.41) is 0. The molecule has 0 saturated carbocycles. The van der Waals surface area contributed by atoms with Gasteiger partial charge in [-0.1, -0.05) is 58.5 Å². The van der Waals surface area contributed by atoms with Crippen LogP contribution >= 0.6 is 0 Å². The van der Waals surface area contributed by atoms with Gasteiger partial charge in [-0.2, -0.15) is 0 Å². The van der Waals surface area contributed by atoms with Crippen molar-refractivity contribution in [3.63, 3.8) is 0 Å². The topological polar surface area (TPSA) is 35.5 Å². The van der Waals surface area contributed by atoms with Gasteiger partial charge in [-0.25, -0.2) is 4.79 Å². The molecule has 0 aliphatic heterocycles. The molecule has 0 N–H and O–H groups in total. The third-order valence-corrected chi connectivity index (χ3v) is 13.2. The van der Waals surface area contributed by atoms with E-state index in [2.05, 4.69) is 78.6 Å². The molecule has 0 bridgehead atoms. The summed E-state index contributed by atoms with van der Waals surface area (Å²) in [5.41, 5.74) is 0.465. The van der Waals surface area contributed by atoms with Gasteiger partial charge in [-0.3, -0.25) is 0 Å². The largest absolute Gasteiger partial charge is 0.462 e. The lowest BCUT2D eigenvalue weighted by Gasteiger charge is -2.35. The Bertz CT molecular complexity index is 455. The molecular formula is C20H48O3Si4. The Hall–Kier alpha value is 0.0375. The summed E-state index contributed by atoms with van der Waals surface area (Å²) in [4.78, 5) is 11.3. The van der Waals surface area contributed by atoms with Crippen LogP contribution in [0.15, 0.2) is 12.2 Å². The Morgan fingerprint density at radius 2 is 1.19 bits per heavy atom. The number of carbonyl (C=O) groups excluding carboxylic acids is 1. The third-order valence-electron chi connectivity index (χ3n) is 3.53. The molecule has 0 atom stereocenters. The van der Waals surface area contributed by atoms with Crippen LogP contribution in [-0.2, 0) is 13.6 Å². The van der Waals surface area contributed by atoms with E-state index in [1.54, 1.807) is 6.92 Å². The Morgan fingerprint density at radius 3 is 1.56 bits per heavy atom. The molecule has 0 rings (SSSR count). The van der Waals surface area contributed by atoms with Gasteiger partial charge in [0.05, 0.1) is 6.61 Å². The molecule has 7 heteroatoms. The molecule has 0 heterocycles. The molecule has 0 radical (unpaired) electrons.